The maximum Gasteiger partial charge on any atom is 0.136 e. The lowest BCUT2D eigenvalue weighted by Crippen LogP contribution is -1.92. The number of furan rings is 1. The fourth-order valence-electron chi connectivity index (χ4n) is 5.83. The molecule has 0 radical (unpaired) electrons. The monoisotopic (exact) mass is 652 g/mol. The first-order valence-electron chi connectivity index (χ1n) is 29.4. The Morgan fingerprint density at radius 1 is 0.327 bits per heavy atom. The van der Waals surface area contributed by atoms with Crippen LogP contribution in [0, 0.1) is 0 Å². The summed E-state index contributed by atoms with van der Waals surface area (Å²) in [5, 5.41) is -5.73. The zero-order chi connectivity index (χ0) is 58.4. The van der Waals surface area contributed by atoms with Gasteiger partial charge in [0.05, 0.1) is 41.1 Å². The first kappa shape index (κ1) is 11.1. The minimum absolute atomic E-state index is 0.468. The Morgan fingerprint density at radius 3 is 1.67 bits per heavy atom. The Balaban J connectivity index is 1.51. The second-order valence-corrected chi connectivity index (χ2v) is 10.5. The molecule has 0 unspecified atom stereocenters. The molecule has 1 nitrogen and oxygen atoms in total. The largest absolute Gasteiger partial charge is 0.456 e. The zero-order valence-corrected chi connectivity index (χ0v) is 24.4. The normalized spacial score (nSPS) is 20.2. The van der Waals surface area contributed by atoms with Crippen molar-refractivity contribution in [2.24, 2.45) is 0 Å². The van der Waals surface area contributed by atoms with Gasteiger partial charge in [-0.1, -0.05) is 163 Å². The van der Waals surface area contributed by atoms with Gasteiger partial charge in [0, 0.05) is 10.8 Å². The van der Waals surface area contributed by atoms with Gasteiger partial charge >= 0.3 is 0 Å². The maximum atomic E-state index is 10.1. The minimum Gasteiger partial charge on any atom is -0.456 e. The molecule has 0 spiro atoms. The SMILES string of the molecule is [2H]c1c([2H])c([2H])c(-c2c3c([2H])c([2H])c([2H])c([2H])c3c(-c3c([2H])c([2H])c(-c4c([2H])c([2H])c([2H])c5oc6c([2H])c([2H])c([2H])c([2H])c6c45)c([2H])c3[2H])c3c([2H])c([2H])c(-c4c([2H])c([2H])c([2H])c5c([2H])c([2H])c([2H])c([2H])c45)c([2H])c23)c([2H])c1[2H]. The van der Waals surface area contributed by atoms with Gasteiger partial charge in [0.15, 0.2) is 0 Å². The van der Waals surface area contributed by atoms with Crippen LogP contribution in [-0.2, 0) is 0 Å². The molecular weight excluding hydrogens is 593 g/mol. The molecule has 0 aliphatic carbocycles. The lowest BCUT2D eigenvalue weighted by atomic mass is 9.84. The van der Waals surface area contributed by atoms with Crippen LogP contribution in [0.3, 0.4) is 0 Å². The Bertz CT molecular complexity index is 4530. The molecule has 1 aromatic heterocycles. The molecule has 0 fully saturated rings. The first-order chi connectivity index (χ1) is 36.8. The van der Waals surface area contributed by atoms with E-state index in [2.05, 4.69) is 0 Å². The molecule has 0 saturated heterocycles. The smallest absolute Gasteiger partial charge is 0.136 e. The highest BCUT2D eigenvalue weighted by Gasteiger charge is 2.19. The third-order valence-electron chi connectivity index (χ3n) is 7.89. The molecule has 0 aliphatic rings. The molecule has 1 heterocycles. The molecule has 49 heavy (non-hydrogen) atoms. The molecule has 0 bridgehead atoms. The summed E-state index contributed by atoms with van der Waals surface area (Å²) in [4.78, 5) is 0. The Hall–Kier alpha value is -6.44. The molecule has 0 amide bonds. The summed E-state index contributed by atoms with van der Waals surface area (Å²) in [6, 6.07) is -29.6. The average molecular weight is 653 g/mol. The van der Waals surface area contributed by atoms with Gasteiger partial charge < -0.3 is 4.42 Å². The van der Waals surface area contributed by atoms with Crippen LogP contribution in [0.2, 0.25) is 0 Å². The van der Waals surface area contributed by atoms with Crippen molar-refractivity contribution >= 4 is 54.3 Å². The van der Waals surface area contributed by atoms with E-state index in [1.807, 2.05) is 0 Å². The number of hydrogen-bond donors (Lipinski definition) is 0. The van der Waals surface area contributed by atoms with E-state index < -0.39 is 280 Å². The molecule has 0 aliphatic heterocycles. The first-order valence-corrected chi connectivity index (χ1v) is 14.4. The number of fused-ring (bicyclic) bond motifs is 6. The summed E-state index contributed by atoms with van der Waals surface area (Å²) in [5.74, 6) is 0. The predicted molar refractivity (Wildman–Crippen MR) is 208 cm³/mol. The highest BCUT2D eigenvalue weighted by molar-refractivity contribution is 6.22. The molecule has 0 atom stereocenters. The Labute approximate surface area is 326 Å². The van der Waals surface area contributed by atoms with Crippen molar-refractivity contribution in [1.82, 2.24) is 0 Å². The number of rotatable bonds is 4. The number of para-hydroxylation sites is 1. The Morgan fingerprint density at radius 2 is 0.857 bits per heavy atom. The van der Waals surface area contributed by atoms with Gasteiger partial charge in [-0.3, -0.25) is 0 Å². The third kappa shape index (κ3) is 4.40. The summed E-state index contributed by atoms with van der Waals surface area (Å²) >= 11 is 0. The van der Waals surface area contributed by atoms with E-state index in [0.717, 1.165) is 0 Å². The molecule has 1 heteroatoms. The van der Waals surface area contributed by atoms with Crippen LogP contribution in [0.4, 0.5) is 0 Å². The van der Waals surface area contributed by atoms with Crippen LogP contribution in [0.5, 0.6) is 0 Å². The molecule has 228 valence electrons. The molecule has 0 saturated carbocycles. The standard InChI is InChI=1S/C48H30O/c1-2-13-33(14-3-1)47-40-18-7-6-17-39(40)46(41-29-28-35(30-43(41)47)37-20-10-15-31-12-4-5-16-36(31)37)34-26-24-32(25-27-34)38-21-11-23-45-48(38)42-19-8-9-22-44(42)49-45/h1-30H/i1D,2D,3D,4D,5D,6D,7D,8D,9D,10D,11D,12D,13D,14D,15D,16D,17D,18D,19D,20D,21D,22D,23D,24D,25D,26D,27D,28D,29D,30D. The van der Waals surface area contributed by atoms with E-state index in [0.29, 0.717) is 0 Å². The quantitative estimate of drug-likeness (QED) is 0.172. The minimum atomic E-state index is -1.16. The van der Waals surface area contributed by atoms with Crippen LogP contribution in [0.25, 0.3) is 98.8 Å². The van der Waals surface area contributed by atoms with Crippen molar-refractivity contribution in [2.75, 3.05) is 0 Å². The Kier molecular flexibility index (Phi) is 2.50. The van der Waals surface area contributed by atoms with Gasteiger partial charge in [-0.2, -0.15) is 0 Å². The average Bonchev–Trinajstić information content (AvgIpc) is 3.99. The van der Waals surface area contributed by atoms with Gasteiger partial charge in [-0.05, 0) is 95.0 Å². The number of benzene rings is 9. The molecule has 10 aromatic rings. The van der Waals surface area contributed by atoms with Crippen molar-refractivity contribution in [3.05, 3.63) is 181 Å². The summed E-state index contributed by atoms with van der Waals surface area (Å²) in [7, 11) is 0. The van der Waals surface area contributed by atoms with E-state index in [4.69, 9.17) is 29.1 Å². The highest BCUT2D eigenvalue weighted by Crippen LogP contribution is 2.46. The van der Waals surface area contributed by atoms with Gasteiger partial charge in [0.1, 0.15) is 11.2 Å². The van der Waals surface area contributed by atoms with Crippen molar-refractivity contribution in [1.29, 1.82) is 0 Å². The summed E-state index contributed by atoms with van der Waals surface area (Å²) in [5.41, 5.74) is -7.94. The second kappa shape index (κ2) is 11.1. The van der Waals surface area contributed by atoms with E-state index in [1.54, 1.807) is 0 Å². The van der Waals surface area contributed by atoms with Crippen molar-refractivity contribution in [3.8, 4) is 44.5 Å². The van der Waals surface area contributed by atoms with Gasteiger partial charge in [-0.25, -0.2) is 0 Å². The van der Waals surface area contributed by atoms with E-state index in [-0.39, 0.29) is 0 Å². The van der Waals surface area contributed by atoms with Crippen molar-refractivity contribution in [2.45, 2.75) is 0 Å². The van der Waals surface area contributed by atoms with Crippen molar-refractivity contribution < 1.29 is 45.5 Å². The maximum absolute atomic E-state index is 10.1. The topological polar surface area (TPSA) is 13.1 Å². The predicted octanol–water partition coefficient (Wildman–Crippen LogP) is 13.7. The van der Waals surface area contributed by atoms with Gasteiger partial charge in [0.2, 0.25) is 0 Å². The van der Waals surface area contributed by atoms with Gasteiger partial charge in [-0.15, -0.1) is 0 Å². The molecule has 0 N–H and O–H groups in total. The molecule has 10 rings (SSSR count). The van der Waals surface area contributed by atoms with Crippen LogP contribution in [0.1, 0.15) is 41.1 Å². The van der Waals surface area contributed by atoms with Crippen LogP contribution < -0.4 is 0 Å². The zero-order valence-electron chi connectivity index (χ0n) is 54.4. The number of hydrogen-bond acceptors (Lipinski definition) is 1. The van der Waals surface area contributed by atoms with Crippen LogP contribution in [0.15, 0.2) is 186 Å². The summed E-state index contributed by atoms with van der Waals surface area (Å²) in [6.45, 7) is 0. The second-order valence-electron chi connectivity index (χ2n) is 10.5. The van der Waals surface area contributed by atoms with E-state index >= 15 is 0 Å². The van der Waals surface area contributed by atoms with Crippen LogP contribution in [-0.4, -0.2) is 0 Å². The van der Waals surface area contributed by atoms with Crippen molar-refractivity contribution in [3.63, 3.8) is 0 Å². The molecular formula is C48H30O. The van der Waals surface area contributed by atoms with E-state index in [9.17, 15) is 16.4 Å². The summed E-state index contributed by atoms with van der Waals surface area (Å²) in [6.07, 6.45) is 0. The lowest BCUT2D eigenvalue weighted by molar-refractivity contribution is 0.669. The lowest BCUT2D eigenvalue weighted by Gasteiger charge is -2.19. The fraction of sp³-hybridized carbons (Fsp3) is 0. The molecule has 9 aromatic carbocycles. The van der Waals surface area contributed by atoms with E-state index in [1.165, 1.54) is 0 Å². The van der Waals surface area contributed by atoms with Gasteiger partial charge in [0.25, 0.3) is 0 Å². The fourth-order valence-corrected chi connectivity index (χ4v) is 5.83. The highest BCUT2D eigenvalue weighted by atomic mass is 16.3. The van der Waals surface area contributed by atoms with Crippen LogP contribution >= 0.6 is 0 Å². The third-order valence-corrected chi connectivity index (χ3v) is 7.89. The summed E-state index contributed by atoms with van der Waals surface area (Å²) < 4.78 is 277.